The molecule has 0 unspecified atom stereocenters. The predicted octanol–water partition coefficient (Wildman–Crippen LogP) is 0.505. The smallest absolute Gasteiger partial charge is 0.294 e. The van der Waals surface area contributed by atoms with Gasteiger partial charge < -0.3 is 0 Å². The summed E-state index contributed by atoms with van der Waals surface area (Å²) in [6.07, 6.45) is 0. The number of carbonyl (C=O) groups excluding carboxylic acids is 1. The maximum atomic E-state index is 11.1. The summed E-state index contributed by atoms with van der Waals surface area (Å²) in [5.74, 6) is -0.225. The van der Waals surface area contributed by atoms with Crippen molar-refractivity contribution < 1.29 is 13.2 Å². The molecule has 0 aliphatic rings. The first kappa shape index (κ1) is 10.7. The van der Waals surface area contributed by atoms with Crippen LogP contribution >= 0.6 is 0 Å². The number of carbonyl (C=O) groups is 1. The highest BCUT2D eigenvalue weighted by Gasteiger charge is 2.09. The van der Waals surface area contributed by atoms with Crippen molar-refractivity contribution in [3.63, 3.8) is 0 Å². The zero-order valence-corrected chi connectivity index (χ0v) is 8.34. The maximum absolute atomic E-state index is 11.1. The molecule has 0 aromatic heterocycles. The molecule has 0 aliphatic carbocycles. The van der Waals surface area contributed by atoms with Crippen molar-refractivity contribution in [3.8, 4) is 0 Å². The third-order valence-corrected chi connectivity index (χ3v) is 2.06. The van der Waals surface area contributed by atoms with E-state index in [0.29, 0.717) is 5.56 Å². The topological polar surface area (TPSA) is 89.3 Å². The van der Waals surface area contributed by atoms with Crippen LogP contribution in [0.1, 0.15) is 17.3 Å². The molecule has 0 bridgehead atoms. The number of rotatable bonds is 3. The minimum Gasteiger partial charge on any atom is -0.294 e. The van der Waals surface area contributed by atoms with E-state index in [1.54, 1.807) is 12.1 Å². The highest BCUT2D eigenvalue weighted by molar-refractivity contribution is 7.90. The Kier molecular flexibility index (Phi) is 2.87. The van der Waals surface area contributed by atoms with E-state index in [2.05, 4.69) is 4.72 Å². The van der Waals surface area contributed by atoms with Crippen LogP contribution in [-0.4, -0.2) is 14.2 Å². The number of ketones is 1. The van der Waals surface area contributed by atoms with Gasteiger partial charge in [-0.25, -0.2) is 5.14 Å². The minimum absolute atomic E-state index is 0.197. The summed E-state index contributed by atoms with van der Waals surface area (Å²) in [6, 6.07) is 6.25. The molecule has 0 spiro atoms. The summed E-state index contributed by atoms with van der Waals surface area (Å²) < 4.78 is 23.5. The van der Waals surface area contributed by atoms with E-state index in [0.717, 1.165) is 0 Å². The SMILES string of the molecule is CC(=O)c1ccccc1NS(N)(=O)=O. The quantitative estimate of drug-likeness (QED) is 0.718. The summed E-state index contributed by atoms with van der Waals surface area (Å²) in [7, 11) is -3.84. The van der Waals surface area contributed by atoms with Gasteiger partial charge in [0.25, 0.3) is 10.2 Å². The molecule has 1 aromatic carbocycles. The Morgan fingerprint density at radius 3 is 2.43 bits per heavy atom. The average molecular weight is 214 g/mol. The Morgan fingerprint density at radius 2 is 1.93 bits per heavy atom. The van der Waals surface area contributed by atoms with E-state index in [1.807, 2.05) is 0 Å². The summed E-state index contributed by atoms with van der Waals surface area (Å²) in [4.78, 5) is 11.1. The van der Waals surface area contributed by atoms with Crippen molar-refractivity contribution in [1.82, 2.24) is 0 Å². The van der Waals surface area contributed by atoms with E-state index in [1.165, 1.54) is 19.1 Å². The van der Waals surface area contributed by atoms with Crippen molar-refractivity contribution in [2.45, 2.75) is 6.92 Å². The van der Waals surface area contributed by atoms with Gasteiger partial charge in [-0.3, -0.25) is 9.52 Å². The van der Waals surface area contributed by atoms with E-state index < -0.39 is 10.2 Å². The second-order valence-electron chi connectivity index (χ2n) is 2.75. The molecule has 0 atom stereocenters. The first-order chi connectivity index (χ1) is 6.40. The largest absolute Gasteiger partial charge is 0.296 e. The molecule has 0 saturated heterocycles. The number of hydrogen-bond acceptors (Lipinski definition) is 3. The van der Waals surface area contributed by atoms with E-state index >= 15 is 0 Å². The molecular formula is C8H10N2O3S. The molecule has 14 heavy (non-hydrogen) atoms. The van der Waals surface area contributed by atoms with Crippen LogP contribution in [0.3, 0.4) is 0 Å². The Morgan fingerprint density at radius 1 is 1.36 bits per heavy atom. The molecule has 3 N–H and O–H groups in total. The fraction of sp³-hybridized carbons (Fsp3) is 0.125. The molecule has 76 valence electrons. The molecule has 0 fully saturated rings. The maximum Gasteiger partial charge on any atom is 0.296 e. The highest BCUT2D eigenvalue weighted by Crippen LogP contribution is 2.15. The van der Waals surface area contributed by atoms with Gasteiger partial charge in [0.05, 0.1) is 5.69 Å². The van der Waals surface area contributed by atoms with Crippen molar-refractivity contribution in [2.24, 2.45) is 5.14 Å². The van der Waals surface area contributed by atoms with Crippen molar-refractivity contribution in [3.05, 3.63) is 29.8 Å². The monoisotopic (exact) mass is 214 g/mol. The number of nitrogens with one attached hydrogen (secondary N) is 1. The van der Waals surface area contributed by atoms with Crippen molar-refractivity contribution >= 4 is 21.7 Å². The molecule has 0 amide bonds. The normalized spacial score (nSPS) is 11.0. The Bertz CT molecular complexity index is 453. The lowest BCUT2D eigenvalue weighted by molar-refractivity contribution is 0.101. The Labute approximate surface area is 82.1 Å². The van der Waals surface area contributed by atoms with Crippen LogP contribution in [-0.2, 0) is 10.2 Å². The molecule has 6 heteroatoms. The molecule has 1 aromatic rings. The lowest BCUT2D eigenvalue weighted by Gasteiger charge is -2.06. The standard InChI is InChI=1S/C8H10N2O3S/c1-6(11)7-4-2-3-5-8(7)10-14(9,12)13/h2-5,10H,1H3,(H2,9,12,13). The first-order valence-electron chi connectivity index (χ1n) is 3.80. The fourth-order valence-electron chi connectivity index (χ4n) is 1.03. The number of para-hydroxylation sites is 1. The number of nitrogens with two attached hydrogens (primary N) is 1. The lowest BCUT2D eigenvalue weighted by Crippen LogP contribution is -2.22. The molecule has 0 aliphatic heterocycles. The second kappa shape index (κ2) is 3.77. The predicted molar refractivity (Wildman–Crippen MR) is 53.2 cm³/mol. The minimum atomic E-state index is -3.84. The lowest BCUT2D eigenvalue weighted by atomic mass is 10.1. The van der Waals surface area contributed by atoms with Gasteiger partial charge in [0.2, 0.25) is 0 Å². The van der Waals surface area contributed by atoms with E-state index in [-0.39, 0.29) is 11.5 Å². The molecule has 1 rings (SSSR count). The zero-order chi connectivity index (χ0) is 10.8. The number of benzene rings is 1. The second-order valence-corrected chi connectivity index (χ2v) is 4.04. The third kappa shape index (κ3) is 2.82. The third-order valence-electron chi connectivity index (χ3n) is 1.56. The highest BCUT2D eigenvalue weighted by atomic mass is 32.2. The van der Waals surface area contributed by atoms with Crippen LogP contribution in [0.15, 0.2) is 24.3 Å². The van der Waals surface area contributed by atoms with Crippen LogP contribution in [0.25, 0.3) is 0 Å². The first-order valence-corrected chi connectivity index (χ1v) is 5.35. The summed E-state index contributed by atoms with van der Waals surface area (Å²) >= 11 is 0. The van der Waals surface area contributed by atoms with Gasteiger partial charge in [0.15, 0.2) is 5.78 Å². The van der Waals surface area contributed by atoms with Gasteiger partial charge in [-0.2, -0.15) is 8.42 Å². The molecule has 0 saturated carbocycles. The molecule has 0 heterocycles. The molecular weight excluding hydrogens is 204 g/mol. The molecule has 0 radical (unpaired) electrons. The summed E-state index contributed by atoms with van der Waals surface area (Å²) in [6.45, 7) is 1.35. The van der Waals surface area contributed by atoms with Gasteiger partial charge in [-0.1, -0.05) is 12.1 Å². The zero-order valence-electron chi connectivity index (χ0n) is 7.52. The van der Waals surface area contributed by atoms with Crippen molar-refractivity contribution in [2.75, 3.05) is 4.72 Å². The summed E-state index contributed by atoms with van der Waals surface area (Å²) in [5, 5.41) is 4.79. The number of hydrogen-bond donors (Lipinski definition) is 2. The fourth-order valence-corrected chi connectivity index (χ4v) is 1.52. The van der Waals surface area contributed by atoms with Gasteiger partial charge in [0, 0.05) is 5.56 Å². The van der Waals surface area contributed by atoms with Gasteiger partial charge in [0.1, 0.15) is 0 Å². The van der Waals surface area contributed by atoms with Crippen LogP contribution in [0.5, 0.6) is 0 Å². The summed E-state index contributed by atoms with van der Waals surface area (Å²) in [5.41, 5.74) is 0.490. The van der Waals surface area contributed by atoms with E-state index in [4.69, 9.17) is 5.14 Å². The van der Waals surface area contributed by atoms with Crippen LogP contribution in [0, 0.1) is 0 Å². The van der Waals surface area contributed by atoms with Crippen LogP contribution in [0.4, 0.5) is 5.69 Å². The van der Waals surface area contributed by atoms with E-state index in [9.17, 15) is 13.2 Å². The van der Waals surface area contributed by atoms with Gasteiger partial charge >= 0.3 is 0 Å². The Balaban J connectivity index is 3.15. The number of Topliss-reactive ketones (excluding diaryl/α,β-unsaturated/α-hetero) is 1. The van der Waals surface area contributed by atoms with Crippen LogP contribution < -0.4 is 9.86 Å². The van der Waals surface area contributed by atoms with Gasteiger partial charge in [-0.05, 0) is 19.1 Å². The Hall–Kier alpha value is -1.40. The van der Waals surface area contributed by atoms with Crippen molar-refractivity contribution in [1.29, 1.82) is 0 Å². The van der Waals surface area contributed by atoms with Gasteiger partial charge in [-0.15, -0.1) is 0 Å². The average Bonchev–Trinajstić information content (AvgIpc) is 2.01. The number of anilines is 1. The molecule has 5 nitrogen and oxygen atoms in total. The van der Waals surface area contributed by atoms with Crippen LogP contribution in [0.2, 0.25) is 0 Å².